The number of rotatable bonds is 9. The Morgan fingerprint density at radius 2 is 2.10 bits per heavy atom. The van der Waals surface area contributed by atoms with Crippen molar-refractivity contribution >= 4 is 15.9 Å². The maximum atomic E-state index is 6.00. The zero-order valence-corrected chi connectivity index (χ0v) is 14.0. The van der Waals surface area contributed by atoms with Gasteiger partial charge in [0.15, 0.2) is 0 Å². The largest absolute Gasteiger partial charge is 0.383 e. The van der Waals surface area contributed by atoms with Crippen molar-refractivity contribution in [3.63, 3.8) is 0 Å². The van der Waals surface area contributed by atoms with Gasteiger partial charge in [0.05, 0.1) is 13.2 Å². The Kier molecular flexibility index (Phi) is 8.25. The summed E-state index contributed by atoms with van der Waals surface area (Å²) in [6, 6.07) is 2.41. The molecule has 0 bridgehead atoms. The van der Waals surface area contributed by atoms with Gasteiger partial charge in [0, 0.05) is 56.3 Å². The molecule has 5 nitrogen and oxygen atoms in total. The average molecular weight is 346 g/mol. The molecule has 0 radical (unpaired) electrons. The number of hydrogen-bond donors (Lipinski definition) is 1. The fourth-order valence-corrected chi connectivity index (χ4v) is 2.67. The first kappa shape index (κ1) is 17.5. The van der Waals surface area contributed by atoms with E-state index < -0.39 is 0 Å². The number of aromatic nitrogens is 1. The molecule has 0 aliphatic carbocycles. The van der Waals surface area contributed by atoms with Crippen LogP contribution in [0, 0.1) is 0 Å². The van der Waals surface area contributed by atoms with E-state index in [4.69, 9.17) is 15.2 Å². The van der Waals surface area contributed by atoms with Gasteiger partial charge in [-0.05, 0) is 34.5 Å². The summed E-state index contributed by atoms with van der Waals surface area (Å²) in [5.74, 6) is 0. The molecule has 0 aromatic carbocycles. The fraction of sp³-hybridized carbons (Fsp3) is 0.643. The lowest BCUT2D eigenvalue weighted by Crippen LogP contribution is -2.44. The molecule has 2 atom stereocenters. The normalized spacial score (nSPS) is 14.5. The van der Waals surface area contributed by atoms with Crippen LogP contribution in [0.3, 0.4) is 0 Å². The zero-order valence-electron chi connectivity index (χ0n) is 12.4. The number of ether oxygens (including phenoxy) is 2. The van der Waals surface area contributed by atoms with Crippen LogP contribution in [0.15, 0.2) is 22.9 Å². The average Bonchev–Trinajstić information content (AvgIpc) is 2.43. The van der Waals surface area contributed by atoms with E-state index in [0.29, 0.717) is 19.8 Å². The van der Waals surface area contributed by atoms with Gasteiger partial charge in [-0.1, -0.05) is 0 Å². The number of methoxy groups -OCH3 is 2. The van der Waals surface area contributed by atoms with E-state index in [2.05, 4.69) is 38.8 Å². The van der Waals surface area contributed by atoms with Crippen molar-refractivity contribution < 1.29 is 9.47 Å². The van der Waals surface area contributed by atoms with Gasteiger partial charge in [0.1, 0.15) is 0 Å². The minimum absolute atomic E-state index is 0.0975. The first-order valence-corrected chi connectivity index (χ1v) is 7.47. The van der Waals surface area contributed by atoms with Crippen LogP contribution in [0.5, 0.6) is 0 Å². The smallest absolute Gasteiger partial charge is 0.0615 e. The lowest BCUT2D eigenvalue weighted by atomic mass is 10.1. The van der Waals surface area contributed by atoms with Crippen LogP contribution in [0.2, 0.25) is 0 Å². The zero-order chi connectivity index (χ0) is 15.0. The van der Waals surface area contributed by atoms with Crippen molar-refractivity contribution in [1.29, 1.82) is 0 Å². The minimum atomic E-state index is 0.0975. The maximum absolute atomic E-state index is 6.00. The fourth-order valence-electron chi connectivity index (χ4n) is 2.29. The van der Waals surface area contributed by atoms with Crippen LogP contribution in [0.4, 0.5) is 0 Å². The second kappa shape index (κ2) is 9.41. The van der Waals surface area contributed by atoms with Crippen molar-refractivity contribution in [1.82, 2.24) is 9.88 Å². The van der Waals surface area contributed by atoms with E-state index in [1.165, 1.54) is 0 Å². The minimum Gasteiger partial charge on any atom is -0.383 e. The van der Waals surface area contributed by atoms with E-state index in [1.54, 1.807) is 20.4 Å². The summed E-state index contributed by atoms with van der Waals surface area (Å²) in [6.07, 6.45) is 3.64. The predicted molar refractivity (Wildman–Crippen MR) is 83.7 cm³/mol. The topological polar surface area (TPSA) is 60.6 Å². The molecule has 0 spiro atoms. The highest BCUT2D eigenvalue weighted by Crippen LogP contribution is 2.23. The number of nitrogens with two attached hydrogens (primary N) is 1. The predicted octanol–water partition coefficient (Wildman–Crippen LogP) is 1.83. The summed E-state index contributed by atoms with van der Waals surface area (Å²) in [6.45, 7) is 4.77. The van der Waals surface area contributed by atoms with Crippen LogP contribution in [0.1, 0.15) is 18.5 Å². The van der Waals surface area contributed by atoms with E-state index >= 15 is 0 Å². The second-order valence-corrected chi connectivity index (χ2v) is 5.64. The number of nitrogens with zero attached hydrogens (tertiary/aromatic N) is 2. The number of halogens is 1. The Morgan fingerprint density at radius 1 is 1.35 bits per heavy atom. The maximum Gasteiger partial charge on any atom is 0.0615 e. The summed E-state index contributed by atoms with van der Waals surface area (Å²) in [5, 5.41) is 0. The highest BCUT2D eigenvalue weighted by atomic mass is 79.9. The Bertz CT molecular complexity index is 392. The van der Waals surface area contributed by atoms with Crippen LogP contribution in [-0.2, 0) is 9.47 Å². The van der Waals surface area contributed by atoms with Crippen LogP contribution in [-0.4, -0.2) is 56.4 Å². The van der Waals surface area contributed by atoms with E-state index in [0.717, 1.165) is 16.6 Å². The van der Waals surface area contributed by atoms with E-state index in [-0.39, 0.29) is 12.1 Å². The van der Waals surface area contributed by atoms with Gasteiger partial charge in [0.2, 0.25) is 0 Å². The summed E-state index contributed by atoms with van der Waals surface area (Å²) in [4.78, 5) is 6.53. The first-order valence-electron chi connectivity index (χ1n) is 6.68. The molecule has 2 N–H and O–H groups in total. The Morgan fingerprint density at radius 3 is 2.65 bits per heavy atom. The van der Waals surface area contributed by atoms with Crippen LogP contribution < -0.4 is 5.73 Å². The molecule has 0 aliphatic heterocycles. The van der Waals surface area contributed by atoms with Gasteiger partial charge < -0.3 is 15.2 Å². The molecular formula is C14H24BrN3O2. The molecule has 0 amide bonds. The molecule has 1 heterocycles. The molecule has 1 rings (SSSR count). The van der Waals surface area contributed by atoms with Crippen molar-refractivity contribution in [3.8, 4) is 0 Å². The van der Waals surface area contributed by atoms with Crippen LogP contribution >= 0.6 is 15.9 Å². The highest BCUT2D eigenvalue weighted by molar-refractivity contribution is 9.10. The van der Waals surface area contributed by atoms with Gasteiger partial charge in [-0.3, -0.25) is 9.88 Å². The number of pyridine rings is 1. The van der Waals surface area contributed by atoms with Gasteiger partial charge >= 0.3 is 0 Å². The summed E-state index contributed by atoms with van der Waals surface area (Å²) < 4.78 is 11.4. The molecule has 6 heteroatoms. The molecule has 0 fully saturated rings. The molecule has 2 unspecified atom stereocenters. The first-order chi connectivity index (χ1) is 9.63. The molecule has 1 aromatic heterocycles. The van der Waals surface area contributed by atoms with Gasteiger partial charge in [0.25, 0.3) is 0 Å². The third-order valence-electron chi connectivity index (χ3n) is 3.26. The second-order valence-electron chi connectivity index (χ2n) is 4.72. The molecular weight excluding hydrogens is 322 g/mol. The SMILES string of the molecule is COCCN(C(C)COC)C(CN)c1cncc(Br)c1. The number of hydrogen-bond acceptors (Lipinski definition) is 5. The Labute approximate surface area is 129 Å². The van der Waals surface area contributed by atoms with E-state index in [1.807, 2.05) is 6.20 Å². The Balaban J connectivity index is 2.94. The van der Waals surface area contributed by atoms with Gasteiger partial charge in [-0.25, -0.2) is 0 Å². The molecule has 0 aliphatic rings. The third-order valence-corrected chi connectivity index (χ3v) is 3.70. The van der Waals surface area contributed by atoms with E-state index in [9.17, 15) is 0 Å². The summed E-state index contributed by atoms with van der Waals surface area (Å²) in [5.41, 5.74) is 7.09. The molecule has 0 saturated carbocycles. The van der Waals surface area contributed by atoms with Crippen molar-refractivity contribution in [2.45, 2.75) is 19.0 Å². The quantitative estimate of drug-likeness (QED) is 0.739. The van der Waals surface area contributed by atoms with Crippen molar-refractivity contribution in [3.05, 3.63) is 28.5 Å². The molecule has 1 aromatic rings. The van der Waals surface area contributed by atoms with Gasteiger partial charge in [-0.15, -0.1) is 0 Å². The lowest BCUT2D eigenvalue weighted by Gasteiger charge is -2.35. The molecule has 114 valence electrons. The third kappa shape index (κ3) is 5.10. The van der Waals surface area contributed by atoms with Gasteiger partial charge in [-0.2, -0.15) is 0 Å². The molecule has 20 heavy (non-hydrogen) atoms. The summed E-state index contributed by atoms with van der Waals surface area (Å²) >= 11 is 3.46. The lowest BCUT2D eigenvalue weighted by molar-refractivity contribution is 0.0486. The van der Waals surface area contributed by atoms with Crippen LogP contribution in [0.25, 0.3) is 0 Å². The standard InChI is InChI=1S/C14H24BrN3O2/c1-11(10-20-3)18(4-5-19-2)14(7-16)12-6-13(15)9-17-8-12/h6,8-9,11,14H,4-5,7,10,16H2,1-3H3. The molecule has 0 saturated heterocycles. The monoisotopic (exact) mass is 345 g/mol. The van der Waals surface area contributed by atoms with Crippen molar-refractivity contribution in [2.75, 3.05) is 40.5 Å². The summed E-state index contributed by atoms with van der Waals surface area (Å²) in [7, 11) is 3.42. The Hall–Kier alpha value is -0.530. The van der Waals surface area contributed by atoms with Crippen molar-refractivity contribution in [2.24, 2.45) is 5.73 Å². The highest BCUT2D eigenvalue weighted by Gasteiger charge is 2.24.